The van der Waals surface area contributed by atoms with Crippen molar-refractivity contribution in [1.29, 1.82) is 0 Å². The summed E-state index contributed by atoms with van der Waals surface area (Å²) in [5.41, 5.74) is 2.04. The van der Waals surface area contributed by atoms with Crippen LogP contribution in [0.1, 0.15) is 23.0 Å². The van der Waals surface area contributed by atoms with E-state index in [9.17, 15) is 8.42 Å². The summed E-state index contributed by atoms with van der Waals surface area (Å²) in [6.07, 6.45) is 0. The maximum Gasteiger partial charge on any atom is 0.244 e. The first-order chi connectivity index (χ1) is 9.86. The summed E-state index contributed by atoms with van der Waals surface area (Å²) >= 11 is 3.37. The van der Waals surface area contributed by atoms with Crippen LogP contribution in [0.15, 0.2) is 35.2 Å². The molecule has 2 rings (SSSR count). The molecule has 1 unspecified atom stereocenters. The van der Waals surface area contributed by atoms with Gasteiger partial charge in [0.15, 0.2) is 0 Å². The molecular weight excluding hydrogens is 354 g/mol. The number of sulfonamides is 1. The Labute approximate surface area is 133 Å². The summed E-state index contributed by atoms with van der Waals surface area (Å²) in [6.45, 7) is 3.45. The summed E-state index contributed by atoms with van der Waals surface area (Å²) in [7, 11) is -1.89. The maximum absolute atomic E-state index is 12.6. The van der Waals surface area contributed by atoms with Crippen molar-refractivity contribution in [1.82, 2.24) is 14.5 Å². The number of halogens is 1. The summed E-state index contributed by atoms with van der Waals surface area (Å²) in [6, 6.07) is 9.16. The summed E-state index contributed by atoms with van der Waals surface area (Å²) in [5, 5.41) is 4.66. The molecule has 1 heterocycles. The summed E-state index contributed by atoms with van der Waals surface area (Å²) in [5.74, 6) is 0. The lowest BCUT2D eigenvalue weighted by atomic mass is 10.1. The molecule has 0 aliphatic carbocycles. The largest absolute Gasteiger partial charge is 0.271 e. The molecule has 1 aromatic heterocycles. The molecule has 0 aliphatic rings. The number of aryl methyl sites for hydroxylation is 2. The second-order valence-electron chi connectivity index (χ2n) is 4.86. The SMILES string of the molecule is Cc1nn(C)c(C)c1S(=O)(=O)NC(CBr)c1ccccc1. The smallest absolute Gasteiger partial charge is 0.244 e. The highest BCUT2D eigenvalue weighted by Gasteiger charge is 2.26. The molecule has 0 saturated carbocycles. The van der Waals surface area contributed by atoms with Crippen LogP contribution in [0.3, 0.4) is 0 Å². The van der Waals surface area contributed by atoms with Gasteiger partial charge >= 0.3 is 0 Å². The van der Waals surface area contributed by atoms with Gasteiger partial charge in [-0.1, -0.05) is 46.3 Å². The predicted octanol–water partition coefficient (Wildman–Crippen LogP) is 2.45. The van der Waals surface area contributed by atoms with Gasteiger partial charge in [-0.15, -0.1) is 0 Å². The second kappa shape index (κ2) is 6.29. The summed E-state index contributed by atoms with van der Waals surface area (Å²) < 4.78 is 29.6. The molecule has 1 atom stereocenters. The third kappa shape index (κ3) is 3.36. The number of alkyl halides is 1. The van der Waals surface area contributed by atoms with Gasteiger partial charge < -0.3 is 0 Å². The van der Waals surface area contributed by atoms with Gasteiger partial charge in [-0.25, -0.2) is 13.1 Å². The van der Waals surface area contributed by atoms with Crippen molar-refractivity contribution in [2.75, 3.05) is 5.33 Å². The molecule has 114 valence electrons. The maximum atomic E-state index is 12.6. The highest BCUT2D eigenvalue weighted by Crippen LogP contribution is 2.23. The van der Waals surface area contributed by atoms with E-state index in [1.165, 1.54) is 0 Å². The van der Waals surface area contributed by atoms with Crippen LogP contribution in [-0.4, -0.2) is 23.5 Å². The number of rotatable bonds is 5. The molecule has 1 N–H and O–H groups in total. The van der Waals surface area contributed by atoms with Crippen LogP contribution >= 0.6 is 15.9 Å². The minimum atomic E-state index is -3.62. The van der Waals surface area contributed by atoms with E-state index in [4.69, 9.17) is 0 Å². The first kappa shape index (κ1) is 16.2. The minimum absolute atomic E-state index is 0.256. The minimum Gasteiger partial charge on any atom is -0.271 e. The first-order valence-electron chi connectivity index (χ1n) is 6.50. The van der Waals surface area contributed by atoms with Crippen LogP contribution in [0.5, 0.6) is 0 Å². The highest BCUT2D eigenvalue weighted by atomic mass is 79.9. The Kier molecular flexibility index (Phi) is 4.85. The molecule has 0 saturated heterocycles. The monoisotopic (exact) mass is 371 g/mol. The van der Waals surface area contributed by atoms with Gasteiger partial charge in [-0.3, -0.25) is 4.68 Å². The fourth-order valence-corrected chi connectivity index (χ4v) is 4.68. The third-order valence-electron chi connectivity index (χ3n) is 3.37. The molecule has 0 aliphatic heterocycles. The van der Waals surface area contributed by atoms with Crippen LogP contribution in [0.25, 0.3) is 0 Å². The Balaban J connectivity index is 2.36. The Bertz CT molecular complexity index is 726. The van der Waals surface area contributed by atoms with Crippen molar-refractivity contribution in [2.24, 2.45) is 7.05 Å². The van der Waals surface area contributed by atoms with Gasteiger partial charge in [0.1, 0.15) is 4.90 Å². The van der Waals surface area contributed by atoms with Crippen molar-refractivity contribution >= 4 is 26.0 Å². The van der Waals surface area contributed by atoms with E-state index in [-0.39, 0.29) is 10.9 Å². The predicted molar refractivity (Wildman–Crippen MR) is 86.0 cm³/mol. The molecule has 0 spiro atoms. The summed E-state index contributed by atoms with van der Waals surface area (Å²) in [4.78, 5) is 0.256. The molecule has 5 nitrogen and oxygen atoms in total. The molecule has 0 amide bonds. The quantitative estimate of drug-likeness (QED) is 0.820. The molecule has 1 aromatic carbocycles. The van der Waals surface area contributed by atoms with Crippen molar-refractivity contribution in [3.05, 3.63) is 47.3 Å². The van der Waals surface area contributed by atoms with Crippen LogP contribution in [0.4, 0.5) is 0 Å². The third-order valence-corrected chi connectivity index (χ3v) is 5.74. The van der Waals surface area contributed by atoms with Crippen LogP contribution < -0.4 is 4.72 Å². The topological polar surface area (TPSA) is 64.0 Å². The zero-order valence-corrected chi connectivity index (χ0v) is 14.6. The van der Waals surface area contributed by atoms with Gasteiger partial charge in [0, 0.05) is 12.4 Å². The number of hydrogen-bond donors (Lipinski definition) is 1. The van der Waals surface area contributed by atoms with E-state index >= 15 is 0 Å². The van der Waals surface area contributed by atoms with Crippen LogP contribution in [0, 0.1) is 13.8 Å². The zero-order valence-electron chi connectivity index (χ0n) is 12.2. The molecule has 0 radical (unpaired) electrons. The Morgan fingerprint density at radius 1 is 1.29 bits per heavy atom. The molecular formula is C14H18BrN3O2S. The number of nitrogens with zero attached hydrogens (tertiary/aromatic N) is 2. The lowest BCUT2D eigenvalue weighted by Gasteiger charge is -2.17. The van der Waals surface area contributed by atoms with Crippen LogP contribution in [-0.2, 0) is 17.1 Å². The molecule has 7 heteroatoms. The first-order valence-corrected chi connectivity index (χ1v) is 9.10. The number of hydrogen-bond acceptors (Lipinski definition) is 3. The number of aromatic nitrogens is 2. The van der Waals surface area contributed by atoms with E-state index in [0.29, 0.717) is 16.7 Å². The fraction of sp³-hybridized carbons (Fsp3) is 0.357. The van der Waals surface area contributed by atoms with Crippen LogP contribution in [0.2, 0.25) is 0 Å². The second-order valence-corrected chi connectivity index (χ2v) is 7.16. The van der Waals surface area contributed by atoms with E-state index in [0.717, 1.165) is 5.56 Å². The van der Waals surface area contributed by atoms with Crippen molar-refractivity contribution in [3.63, 3.8) is 0 Å². The van der Waals surface area contributed by atoms with E-state index in [1.807, 2.05) is 30.3 Å². The number of nitrogens with one attached hydrogen (secondary N) is 1. The molecule has 21 heavy (non-hydrogen) atoms. The Hall–Kier alpha value is -1.18. The van der Waals surface area contributed by atoms with Gasteiger partial charge in [-0.2, -0.15) is 5.10 Å². The molecule has 2 aromatic rings. The molecule has 0 bridgehead atoms. The van der Waals surface area contributed by atoms with E-state index in [1.54, 1.807) is 25.6 Å². The standard InChI is InChI=1S/C14H18BrN3O2S/c1-10-14(11(2)18(3)16-10)21(19,20)17-13(9-15)12-7-5-4-6-8-12/h4-8,13,17H,9H2,1-3H3. The van der Waals surface area contributed by atoms with Gasteiger partial charge in [0.2, 0.25) is 10.0 Å². The number of benzene rings is 1. The Morgan fingerprint density at radius 3 is 2.38 bits per heavy atom. The van der Waals surface area contributed by atoms with Gasteiger partial charge in [0.25, 0.3) is 0 Å². The van der Waals surface area contributed by atoms with Crippen molar-refractivity contribution in [2.45, 2.75) is 24.8 Å². The normalized spacial score (nSPS) is 13.3. The van der Waals surface area contributed by atoms with E-state index in [2.05, 4.69) is 25.8 Å². The van der Waals surface area contributed by atoms with Crippen molar-refractivity contribution in [3.8, 4) is 0 Å². The van der Waals surface area contributed by atoms with Gasteiger partial charge in [0.05, 0.1) is 17.4 Å². The zero-order chi connectivity index (χ0) is 15.6. The highest BCUT2D eigenvalue weighted by molar-refractivity contribution is 9.09. The fourth-order valence-electron chi connectivity index (χ4n) is 2.26. The lowest BCUT2D eigenvalue weighted by Crippen LogP contribution is -2.30. The Morgan fingerprint density at radius 2 is 1.90 bits per heavy atom. The average Bonchev–Trinajstić information content (AvgIpc) is 2.71. The lowest BCUT2D eigenvalue weighted by molar-refractivity contribution is 0.567. The average molecular weight is 372 g/mol. The van der Waals surface area contributed by atoms with Crippen molar-refractivity contribution < 1.29 is 8.42 Å². The van der Waals surface area contributed by atoms with E-state index < -0.39 is 10.0 Å². The molecule has 0 fully saturated rings. The van der Waals surface area contributed by atoms with Gasteiger partial charge in [-0.05, 0) is 19.4 Å².